The first-order valence-electron chi connectivity index (χ1n) is 5.29. The minimum absolute atomic E-state index is 0.0533. The summed E-state index contributed by atoms with van der Waals surface area (Å²) in [5.41, 5.74) is 1.06. The molecular weight excluding hydrogens is 190 g/mol. The molecule has 0 spiro atoms. The predicted molar refractivity (Wildman–Crippen MR) is 56.8 cm³/mol. The molecule has 1 aromatic carbocycles. The first kappa shape index (κ1) is 10.2. The average molecular weight is 205 g/mol. The molecule has 0 aromatic heterocycles. The largest absolute Gasteiger partial charge is 0.374 e. The highest BCUT2D eigenvalue weighted by atomic mass is 16.3. The van der Waals surface area contributed by atoms with Crippen LogP contribution in [-0.2, 0) is 11.3 Å². The zero-order valence-electron chi connectivity index (χ0n) is 8.60. The van der Waals surface area contributed by atoms with Crippen LogP contribution in [-0.4, -0.2) is 22.1 Å². The lowest BCUT2D eigenvalue weighted by atomic mass is 10.1. The second-order valence-electron chi connectivity index (χ2n) is 3.88. The molecule has 3 heteroatoms. The molecule has 1 saturated heterocycles. The van der Waals surface area contributed by atoms with Gasteiger partial charge in [-0.3, -0.25) is 4.79 Å². The Morgan fingerprint density at radius 3 is 2.73 bits per heavy atom. The zero-order chi connectivity index (χ0) is 10.7. The number of aliphatic hydroxyl groups excluding tert-OH is 1. The summed E-state index contributed by atoms with van der Waals surface area (Å²) in [7, 11) is 0. The summed E-state index contributed by atoms with van der Waals surface area (Å²) in [6, 6.07) is 9.76. The quantitative estimate of drug-likeness (QED) is 0.795. The van der Waals surface area contributed by atoms with E-state index < -0.39 is 6.23 Å². The van der Waals surface area contributed by atoms with Crippen molar-refractivity contribution >= 4 is 5.91 Å². The summed E-state index contributed by atoms with van der Waals surface area (Å²) in [6.07, 6.45) is 1.44. The maximum absolute atomic E-state index is 11.6. The van der Waals surface area contributed by atoms with E-state index in [1.165, 1.54) is 0 Å². The van der Waals surface area contributed by atoms with Gasteiger partial charge in [0.2, 0.25) is 5.91 Å². The van der Waals surface area contributed by atoms with E-state index in [9.17, 15) is 9.90 Å². The second-order valence-corrected chi connectivity index (χ2v) is 3.88. The van der Waals surface area contributed by atoms with Crippen molar-refractivity contribution in [1.82, 2.24) is 4.90 Å². The van der Waals surface area contributed by atoms with Crippen molar-refractivity contribution in [2.24, 2.45) is 0 Å². The van der Waals surface area contributed by atoms with Crippen LogP contribution in [0.15, 0.2) is 30.3 Å². The van der Waals surface area contributed by atoms with Crippen molar-refractivity contribution in [2.45, 2.75) is 32.0 Å². The average Bonchev–Trinajstić information content (AvgIpc) is 2.25. The lowest BCUT2D eigenvalue weighted by Crippen LogP contribution is -2.42. The molecule has 1 N–H and O–H groups in total. The molecule has 1 aliphatic rings. The standard InChI is InChI=1S/C12H15NO2/c14-11-7-4-8-12(15)13(11)9-10-5-2-1-3-6-10/h1-3,5-6,11,14H,4,7-9H2. The number of benzene rings is 1. The lowest BCUT2D eigenvalue weighted by molar-refractivity contribution is -0.147. The normalized spacial score (nSPS) is 21.8. The molecular formula is C12H15NO2. The van der Waals surface area contributed by atoms with E-state index in [4.69, 9.17) is 0 Å². The van der Waals surface area contributed by atoms with Gasteiger partial charge in [-0.15, -0.1) is 0 Å². The number of carbonyl (C=O) groups is 1. The second kappa shape index (κ2) is 4.45. The van der Waals surface area contributed by atoms with Crippen LogP contribution in [0.25, 0.3) is 0 Å². The molecule has 3 nitrogen and oxygen atoms in total. The van der Waals surface area contributed by atoms with Crippen molar-refractivity contribution in [3.8, 4) is 0 Å². The molecule has 2 rings (SSSR count). The van der Waals surface area contributed by atoms with Gasteiger partial charge in [0.25, 0.3) is 0 Å². The summed E-state index contributed by atoms with van der Waals surface area (Å²) < 4.78 is 0. The number of rotatable bonds is 2. The van der Waals surface area contributed by atoms with Crippen molar-refractivity contribution < 1.29 is 9.90 Å². The van der Waals surface area contributed by atoms with Gasteiger partial charge in [-0.1, -0.05) is 30.3 Å². The van der Waals surface area contributed by atoms with E-state index in [2.05, 4.69) is 0 Å². The first-order valence-corrected chi connectivity index (χ1v) is 5.29. The minimum atomic E-state index is -0.605. The Labute approximate surface area is 89.3 Å². The highest BCUT2D eigenvalue weighted by molar-refractivity contribution is 5.77. The summed E-state index contributed by atoms with van der Waals surface area (Å²) in [4.78, 5) is 13.1. The summed E-state index contributed by atoms with van der Waals surface area (Å²) >= 11 is 0. The Kier molecular flexibility index (Phi) is 3.02. The van der Waals surface area contributed by atoms with Crippen LogP contribution in [0.2, 0.25) is 0 Å². The van der Waals surface area contributed by atoms with E-state index in [0.717, 1.165) is 12.0 Å². The first-order chi connectivity index (χ1) is 7.27. The number of hydrogen-bond acceptors (Lipinski definition) is 2. The van der Waals surface area contributed by atoms with Crippen LogP contribution in [0.1, 0.15) is 24.8 Å². The van der Waals surface area contributed by atoms with Crippen LogP contribution in [0, 0.1) is 0 Å². The Morgan fingerprint density at radius 1 is 1.33 bits per heavy atom. The van der Waals surface area contributed by atoms with Gasteiger partial charge >= 0.3 is 0 Å². The van der Waals surface area contributed by atoms with Crippen molar-refractivity contribution in [3.63, 3.8) is 0 Å². The van der Waals surface area contributed by atoms with Gasteiger partial charge in [-0.25, -0.2) is 0 Å². The number of likely N-dealkylation sites (tertiary alicyclic amines) is 1. The summed E-state index contributed by atoms with van der Waals surface area (Å²) in [5.74, 6) is 0.0533. The molecule has 80 valence electrons. The number of hydrogen-bond donors (Lipinski definition) is 1. The topological polar surface area (TPSA) is 40.5 Å². The van der Waals surface area contributed by atoms with Gasteiger partial charge in [0.15, 0.2) is 0 Å². The molecule has 0 aliphatic carbocycles. The molecule has 0 radical (unpaired) electrons. The molecule has 1 heterocycles. The van der Waals surface area contributed by atoms with Crippen LogP contribution in [0.4, 0.5) is 0 Å². The predicted octanol–water partition coefficient (Wildman–Crippen LogP) is 1.52. The van der Waals surface area contributed by atoms with Gasteiger partial charge in [-0.05, 0) is 18.4 Å². The van der Waals surface area contributed by atoms with E-state index in [1.54, 1.807) is 4.90 Å². The summed E-state index contributed by atoms with van der Waals surface area (Å²) in [5, 5.41) is 9.71. The van der Waals surface area contributed by atoms with Gasteiger partial charge in [0.1, 0.15) is 6.23 Å². The Morgan fingerprint density at radius 2 is 2.07 bits per heavy atom. The SMILES string of the molecule is O=C1CCCC(O)N1Cc1ccccc1. The van der Waals surface area contributed by atoms with Gasteiger partial charge in [0.05, 0.1) is 0 Å². The maximum atomic E-state index is 11.6. The third-order valence-corrected chi connectivity index (χ3v) is 2.73. The highest BCUT2D eigenvalue weighted by Gasteiger charge is 2.25. The Hall–Kier alpha value is -1.35. The minimum Gasteiger partial charge on any atom is -0.374 e. The molecule has 1 aromatic rings. The number of piperidine rings is 1. The van der Waals surface area contributed by atoms with Crippen molar-refractivity contribution in [1.29, 1.82) is 0 Å². The number of carbonyl (C=O) groups excluding carboxylic acids is 1. The van der Waals surface area contributed by atoms with Gasteiger partial charge in [-0.2, -0.15) is 0 Å². The monoisotopic (exact) mass is 205 g/mol. The Bertz CT molecular complexity index is 337. The zero-order valence-corrected chi connectivity index (χ0v) is 8.60. The van der Waals surface area contributed by atoms with E-state index in [0.29, 0.717) is 19.4 Å². The maximum Gasteiger partial charge on any atom is 0.224 e. The molecule has 15 heavy (non-hydrogen) atoms. The summed E-state index contributed by atoms with van der Waals surface area (Å²) in [6.45, 7) is 0.515. The number of nitrogens with zero attached hydrogens (tertiary/aromatic N) is 1. The van der Waals surface area contributed by atoms with Crippen LogP contribution in [0.5, 0.6) is 0 Å². The van der Waals surface area contributed by atoms with Crippen LogP contribution >= 0.6 is 0 Å². The van der Waals surface area contributed by atoms with E-state index >= 15 is 0 Å². The highest BCUT2D eigenvalue weighted by Crippen LogP contribution is 2.18. The Balaban J connectivity index is 2.07. The van der Waals surface area contributed by atoms with Crippen LogP contribution < -0.4 is 0 Å². The smallest absolute Gasteiger partial charge is 0.224 e. The van der Waals surface area contributed by atoms with Crippen LogP contribution in [0.3, 0.4) is 0 Å². The van der Waals surface area contributed by atoms with Gasteiger partial charge < -0.3 is 10.0 Å². The molecule has 0 saturated carbocycles. The van der Waals surface area contributed by atoms with Crippen molar-refractivity contribution in [2.75, 3.05) is 0 Å². The van der Waals surface area contributed by atoms with E-state index in [1.807, 2.05) is 30.3 Å². The fraction of sp³-hybridized carbons (Fsp3) is 0.417. The molecule has 1 atom stereocenters. The number of aliphatic hydroxyl groups is 1. The van der Waals surface area contributed by atoms with Gasteiger partial charge in [0, 0.05) is 13.0 Å². The third kappa shape index (κ3) is 2.36. The molecule has 1 unspecified atom stereocenters. The fourth-order valence-corrected chi connectivity index (χ4v) is 1.88. The lowest BCUT2D eigenvalue weighted by Gasteiger charge is -2.32. The van der Waals surface area contributed by atoms with Crippen molar-refractivity contribution in [3.05, 3.63) is 35.9 Å². The molecule has 1 fully saturated rings. The third-order valence-electron chi connectivity index (χ3n) is 2.73. The number of amides is 1. The molecule has 1 aliphatic heterocycles. The van der Waals surface area contributed by atoms with E-state index in [-0.39, 0.29) is 5.91 Å². The fourth-order valence-electron chi connectivity index (χ4n) is 1.88. The molecule has 1 amide bonds. The molecule has 0 bridgehead atoms.